The average molecular weight is 315 g/mol. The lowest BCUT2D eigenvalue weighted by Crippen LogP contribution is -2.51. The number of benzene rings is 1. The molecule has 0 bridgehead atoms. The molecule has 2 fully saturated rings. The fraction of sp³-hybridized carbons (Fsp3) is 0.529. The molecule has 0 N–H and O–H groups in total. The molecule has 2 saturated heterocycles. The first-order valence-corrected chi connectivity index (χ1v) is 8.27. The molecule has 6 nitrogen and oxygen atoms in total. The molecule has 1 aromatic carbocycles. The van der Waals surface area contributed by atoms with E-state index in [1.165, 1.54) is 0 Å². The van der Waals surface area contributed by atoms with E-state index in [2.05, 4.69) is 9.88 Å². The summed E-state index contributed by atoms with van der Waals surface area (Å²) in [7, 11) is 0. The molecule has 2 aliphatic rings. The third-order valence-electron chi connectivity index (χ3n) is 4.59. The highest BCUT2D eigenvalue weighted by molar-refractivity contribution is 5.81. The number of carbonyl (C=O) groups is 1. The van der Waals surface area contributed by atoms with E-state index < -0.39 is 0 Å². The van der Waals surface area contributed by atoms with E-state index in [-0.39, 0.29) is 12.0 Å². The molecule has 2 aliphatic heterocycles. The van der Waals surface area contributed by atoms with Gasteiger partial charge in [0.05, 0.1) is 6.54 Å². The van der Waals surface area contributed by atoms with Crippen LogP contribution in [0.15, 0.2) is 28.7 Å². The van der Waals surface area contributed by atoms with Crippen LogP contribution in [-0.2, 0) is 16.1 Å². The standard InChI is InChI=1S/C17H21N3O3/c21-17(15-6-3-11-22-15)20-9-7-19(8-10-20)12-16-18-13-4-1-2-5-14(13)23-16/h1-2,4-5,15H,3,6-12H2/t15-/m1/s1. The van der Waals surface area contributed by atoms with Crippen molar-refractivity contribution in [3.63, 3.8) is 0 Å². The smallest absolute Gasteiger partial charge is 0.251 e. The van der Waals surface area contributed by atoms with E-state index in [1.54, 1.807) is 0 Å². The van der Waals surface area contributed by atoms with E-state index >= 15 is 0 Å². The number of hydrogen-bond acceptors (Lipinski definition) is 5. The second kappa shape index (κ2) is 6.29. The second-order valence-electron chi connectivity index (χ2n) is 6.18. The highest BCUT2D eigenvalue weighted by Crippen LogP contribution is 2.18. The van der Waals surface area contributed by atoms with Crippen LogP contribution in [0, 0.1) is 0 Å². The first kappa shape index (κ1) is 14.7. The maximum absolute atomic E-state index is 12.3. The molecule has 0 spiro atoms. The monoisotopic (exact) mass is 315 g/mol. The lowest BCUT2D eigenvalue weighted by atomic mass is 10.2. The Kier molecular flexibility index (Phi) is 4.01. The lowest BCUT2D eigenvalue weighted by molar-refractivity contribution is -0.142. The Morgan fingerprint density at radius 1 is 1.22 bits per heavy atom. The second-order valence-corrected chi connectivity index (χ2v) is 6.18. The van der Waals surface area contributed by atoms with Crippen LogP contribution in [0.1, 0.15) is 18.7 Å². The number of fused-ring (bicyclic) bond motifs is 1. The van der Waals surface area contributed by atoms with Gasteiger partial charge in [-0.3, -0.25) is 9.69 Å². The molecule has 1 atom stereocenters. The number of ether oxygens (including phenoxy) is 1. The summed E-state index contributed by atoms with van der Waals surface area (Å²) in [6.45, 7) is 4.59. The number of hydrogen-bond donors (Lipinski definition) is 0. The Labute approximate surface area is 135 Å². The summed E-state index contributed by atoms with van der Waals surface area (Å²) in [6, 6.07) is 7.81. The van der Waals surface area contributed by atoms with Crippen LogP contribution in [0.5, 0.6) is 0 Å². The molecule has 3 heterocycles. The van der Waals surface area contributed by atoms with Crippen molar-refractivity contribution in [1.29, 1.82) is 0 Å². The molecule has 1 aromatic heterocycles. The molecule has 122 valence electrons. The van der Waals surface area contributed by atoms with Gasteiger partial charge < -0.3 is 14.1 Å². The molecule has 6 heteroatoms. The normalized spacial score (nSPS) is 22.8. The van der Waals surface area contributed by atoms with E-state index in [0.717, 1.165) is 56.0 Å². The predicted molar refractivity (Wildman–Crippen MR) is 84.8 cm³/mol. The Morgan fingerprint density at radius 3 is 2.78 bits per heavy atom. The summed E-state index contributed by atoms with van der Waals surface area (Å²) in [4.78, 5) is 21.1. The maximum atomic E-state index is 12.3. The number of nitrogens with zero attached hydrogens (tertiary/aromatic N) is 3. The van der Waals surface area contributed by atoms with Crippen molar-refractivity contribution in [3.8, 4) is 0 Å². The number of carbonyl (C=O) groups excluding carboxylic acids is 1. The topological polar surface area (TPSA) is 58.8 Å². The van der Waals surface area contributed by atoms with Gasteiger partial charge in [-0.05, 0) is 25.0 Å². The van der Waals surface area contributed by atoms with Crippen molar-refractivity contribution in [3.05, 3.63) is 30.2 Å². The quantitative estimate of drug-likeness (QED) is 0.862. The Hall–Kier alpha value is -1.92. The SMILES string of the molecule is O=C([C@H]1CCCO1)N1CCN(Cc2nc3ccccc3o2)CC1. The summed E-state index contributed by atoms with van der Waals surface area (Å²) >= 11 is 0. The number of oxazole rings is 1. The van der Waals surface area contributed by atoms with E-state index in [1.807, 2.05) is 29.2 Å². The van der Waals surface area contributed by atoms with Gasteiger partial charge in [0.2, 0.25) is 5.89 Å². The Bertz CT molecular complexity index is 652. The van der Waals surface area contributed by atoms with Gasteiger partial charge in [-0.1, -0.05) is 12.1 Å². The predicted octanol–water partition coefficient (Wildman–Crippen LogP) is 1.65. The zero-order chi connectivity index (χ0) is 15.6. The van der Waals surface area contributed by atoms with Crippen LogP contribution in [0.2, 0.25) is 0 Å². The molecule has 2 aromatic rings. The summed E-state index contributed by atoms with van der Waals surface area (Å²) in [5, 5.41) is 0. The highest BCUT2D eigenvalue weighted by Gasteiger charge is 2.30. The van der Waals surface area contributed by atoms with Crippen molar-refractivity contribution in [2.75, 3.05) is 32.8 Å². The van der Waals surface area contributed by atoms with Gasteiger partial charge in [-0.25, -0.2) is 4.98 Å². The van der Waals surface area contributed by atoms with Crippen molar-refractivity contribution in [1.82, 2.24) is 14.8 Å². The van der Waals surface area contributed by atoms with Crippen molar-refractivity contribution < 1.29 is 13.9 Å². The van der Waals surface area contributed by atoms with Gasteiger partial charge in [0, 0.05) is 32.8 Å². The molecule has 0 radical (unpaired) electrons. The van der Waals surface area contributed by atoms with Gasteiger partial charge in [0.25, 0.3) is 5.91 Å². The molecule has 4 rings (SSSR count). The van der Waals surface area contributed by atoms with Crippen LogP contribution in [0.4, 0.5) is 0 Å². The average Bonchev–Trinajstić information content (AvgIpc) is 3.24. The molecular weight excluding hydrogens is 294 g/mol. The first-order valence-electron chi connectivity index (χ1n) is 8.27. The molecule has 0 saturated carbocycles. The molecule has 1 amide bonds. The number of amides is 1. The number of rotatable bonds is 3. The molecule has 0 aliphatic carbocycles. The van der Waals surface area contributed by atoms with Gasteiger partial charge in [-0.15, -0.1) is 0 Å². The van der Waals surface area contributed by atoms with E-state index in [4.69, 9.17) is 9.15 Å². The number of para-hydroxylation sites is 2. The molecular formula is C17H21N3O3. The summed E-state index contributed by atoms with van der Waals surface area (Å²) < 4.78 is 11.3. The third-order valence-corrected chi connectivity index (χ3v) is 4.59. The first-order chi connectivity index (χ1) is 11.3. The van der Waals surface area contributed by atoms with Gasteiger partial charge >= 0.3 is 0 Å². The molecule has 23 heavy (non-hydrogen) atoms. The minimum absolute atomic E-state index is 0.156. The summed E-state index contributed by atoms with van der Waals surface area (Å²) in [5.74, 6) is 0.897. The van der Waals surface area contributed by atoms with Crippen molar-refractivity contribution in [2.24, 2.45) is 0 Å². The zero-order valence-corrected chi connectivity index (χ0v) is 13.1. The fourth-order valence-electron chi connectivity index (χ4n) is 3.28. The van der Waals surface area contributed by atoms with Crippen LogP contribution < -0.4 is 0 Å². The van der Waals surface area contributed by atoms with E-state index in [0.29, 0.717) is 13.2 Å². The largest absolute Gasteiger partial charge is 0.439 e. The van der Waals surface area contributed by atoms with Crippen LogP contribution in [0.25, 0.3) is 11.1 Å². The van der Waals surface area contributed by atoms with Crippen LogP contribution in [-0.4, -0.2) is 59.6 Å². The highest BCUT2D eigenvalue weighted by atomic mass is 16.5. The fourth-order valence-corrected chi connectivity index (χ4v) is 3.28. The third kappa shape index (κ3) is 3.09. The van der Waals surface area contributed by atoms with Crippen molar-refractivity contribution in [2.45, 2.75) is 25.5 Å². The molecule has 0 unspecified atom stereocenters. The Balaban J connectivity index is 1.33. The zero-order valence-electron chi connectivity index (χ0n) is 13.1. The van der Waals surface area contributed by atoms with E-state index in [9.17, 15) is 4.79 Å². The van der Waals surface area contributed by atoms with Gasteiger partial charge in [-0.2, -0.15) is 0 Å². The minimum Gasteiger partial charge on any atom is -0.439 e. The summed E-state index contributed by atoms with van der Waals surface area (Å²) in [5.41, 5.74) is 1.73. The minimum atomic E-state index is -0.210. The number of piperazine rings is 1. The van der Waals surface area contributed by atoms with Gasteiger partial charge in [0.1, 0.15) is 11.6 Å². The lowest BCUT2D eigenvalue weighted by Gasteiger charge is -2.35. The van der Waals surface area contributed by atoms with Crippen molar-refractivity contribution >= 4 is 17.0 Å². The van der Waals surface area contributed by atoms with Crippen LogP contribution in [0.3, 0.4) is 0 Å². The van der Waals surface area contributed by atoms with Gasteiger partial charge in [0.15, 0.2) is 5.58 Å². The Morgan fingerprint density at radius 2 is 2.04 bits per heavy atom. The maximum Gasteiger partial charge on any atom is 0.251 e. The number of aromatic nitrogens is 1. The van der Waals surface area contributed by atoms with Crippen LogP contribution >= 0.6 is 0 Å². The summed E-state index contributed by atoms with van der Waals surface area (Å²) in [6.07, 6.45) is 1.65.